The standard InChI is InChI=1S/C14H11F3N2O2/c15-11-5-9(6-12(16)14(11)17)19-13(20)7-21-10-3-1-2-8(18)4-10/h1-6H,7,18H2,(H,19,20). The summed E-state index contributed by atoms with van der Waals surface area (Å²) in [5.74, 6) is -4.64. The number of carbonyl (C=O) groups excluding carboxylic acids is 1. The van der Waals surface area contributed by atoms with Crippen LogP contribution in [0.4, 0.5) is 24.5 Å². The Morgan fingerprint density at radius 3 is 2.43 bits per heavy atom. The van der Waals surface area contributed by atoms with Crippen LogP contribution in [-0.4, -0.2) is 12.5 Å². The molecule has 110 valence electrons. The van der Waals surface area contributed by atoms with Gasteiger partial charge in [-0.3, -0.25) is 4.79 Å². The van der Waals surface area contributed by atoms with Gasteiger partial charge in [-0.2, -0.15) is 0 Å². The number of ether oxygens (including phenoxy) is 1. The number of hydrogen-bond donors (Lipinski definition) is 2. The van der Waals surface area contributed by atoms with E-state index in [1.165, 1.54) is 6.07 Å². The Morgan fingerprint density at radius 2 is 1.81 bits per heavy atom. The van der Waals surface area contributed by atoms with E-state index in [9.17, 15) is 18.0 Å². The molecule has 0 atom stereocenters. The topological polar surface area (TPSA) is 64.3 Å². The number of anilines is 2. The predicted octanol–water partition coefficient (Wildman–Crippen LogP) is 2.70. The van der Waals surface area contributed by atoms with Crippen LogP contribution in [0.1, 0.15) is 0 Å². The van der Waals surface area contributed by atoms with Crippen molar-refractivity contribution in [2.75, 3.05) is 17.7 Å². The molecule has 0 bridgehead atoms. The predicted molar refractivity (Wildman–Crippen MR) is 71.3 cm³/mol. The lowest BCUT2D eigenvalue weighted by atomic mass is 10.3. The summed E-state index contributed by atoms with van der Waals surface area (Å²) < 4.78 is 43.9. The zero-order valence-electron chi connectivity index (χ0n) is 10.7. The summed E-state index contributed by atoms with van der Waals surface area (Å²) in [5.41, 5.74) is 5.80. The number of nitrogens with one attached hydrogen (secondary N) is 1. The minimum atomic E-state index is -1.59. The highest BCUT2D eigenvalue weighted by atomic mass is 19.2. The minimum Gasteiger partial charge on any atom is -0.484 e. The van der Waals surface area contributed by atoms with Crippen LogP contribution >= 0.6 is 0 Å². The Labute approximate surface area is 118 Å². The van der Waals surface area contributed by atoms with Gasteiger partial charge in [-0.1, -0.05) is 6.07 Å². The van der Waals surface area contributed by atoms with Crippen molar-refractivity contribution in [3.8, 4) is 5.75 Å². The average molecular weight is 296 g/mol. The largest absolute Gasteiger partial charge is 0.484 e. The van der Waals surface area contributed by atoms with Crippen molar-refractivity contribution in [3.63, 3.8) is 0 Å². The Morgan fingerprint density at radius 1 is 1.14 bits per heavy atom. The van der Waals surface area contributed by atoms with Crippen LogP contribution in [0.3, 0.4) is 0 Å². The number of nitrogens with two attached hydrogens (primary N) is 1. The first-order valence-electron chi connectivity index (χ1n) is 5.88. The molecule has 7 heteroatoms. The molecule has 0 saturated heterocycles. The molecular weight excluding hydrogens is 285 g/mol. The van der Waals surface area contributed by atoms with Crippen LogP contribution < -0.4 is 15.8 Å². The van der Waals surface area contributed by atoms with Gasteiger partial charge in [0.25, 0.3) is 5.91 Å². The normalized spacial score (nSPS) is 10.2. The maximum Gasteiger partial charge on any atom is 0.262 e. The zero-order chi connectivity index (χ0) is 15.4. The smallest absolute Gasteiger partial charge is 0.262 e. The molecule has 0 aliphatic heterocycles. The van der Waals surface area contributed by atoms with E-state index in [4.69, 9.17) is 10.5 Å². The van der Waals surface area contributed by atoms with E-state index in [2.05, 4.69) is 5.32 Å². The van der Waals surface area contributed by atoms with Crippen LogP contribution in [0.15, 0.2) is 36.4 Å². The second-order valence-electron chi connectivity index (χ2n) is 4.16. The first-order chi connectivity index (χ1) is 9.95. The van der Waals surface area contributed by atoms with E-state index in [0.29, 0.717) is 23.6 Å². The molecule has 0 radical (unpaired) electrons. The minimum absolute atomic E-state index is 0.201. The maximum absolute atomic E-state index is 13.0. The molecule has 0 saturated carbocycles. The third-order valence-electron chi connectivity index (χ3n) is 2.50. The third kappa shape index (κ3) is 3.88. The Balaban J connectivity index is 1.96. The summed E-state index contributed by atoms with van der Waals surface area (Å²) in [5, 5.41) is 2.19. The third-order valence-corrected chi connectivity index (χ3v) is 2.50. The molecule has 1 amide bonds. The first kappa shape index (κ1) is 14.7. The molecule has 0 fully saturated rings. The van der Waals surface area contributed by atoms with Gasteiger partial charge in [-0.15, -0.1) is 0 Å². The fourth-order valence-electron chi connectivity index (χ4n) is 1.58. The first-order valence-corrected chi connectivity index (χ1v) is 5.88. The fraction of sp³-hybridized carbons (Fsp3) is 0.0714. The molecule has 2 rings (SSSR count). The second kappa shape index (κ2) is 6.17. The van der Waals surface area contributed by atoms with Crippen LogP contribution in [0.25, 0.3) is 0 Å². The Hall–Kier alpha value is -2.70. The van der Waals surface area contributed by atoms with Gasteiger partial charge in [0, 0.05) is 29.6 Å². The van der Waals surface area contributed by atoms with Gasteiger partial charge < -0.3 is 15.8 Å². The SMILES string of the molecule is Nc1cccc(OCC(=O)Nc2cc(F)c(F)c(F)c2)c1. The van der Waals surface area contributed by atoms with E-state index in [1.54, 1.807) is 18.2 Å². The highest BCUT2D eigenvalue weighted by Gasteiger charge is 2.12. The van der Waals surface area contributed by atoms with E-state index in [0.717, 1.165) is 0 Å². The molecule has 21 heavy (non-hydrogen) atoms. The van der Waals surface area contributed by atoms with E-state index >= 15 is 0 Å². The van der Waals surface area contributed by atoms with E-state index < -0.39 is 23.4 Å². The van der Waals surface area contributed by atoms with Gasteiger partial charge in [-0.05, 0) is 12.1 Å². The lowest BCUT2D eigenvalue weighted by Crippen LogP contribution is -2.20. The second-order valence-corrected chi connectivity index (χ2v) is 4.16. The van der Waals surface area contributed by atoms with Crippen molar-refractivity contribution in [1.82, 2.24) is 0 Å². The molecule has 0 aromatic heterocycles. The quantitative estimate of drug-likeness (QED) is 0.673. The maximum atomic E-state index is 13.0. The number of amides is 1. The van der Waals surface area contributed by atoms with Crippen molar-refractivity contribution < 1.29 is 22.7 Å². The lowest BCUT2D eigenvalue weighted by molar-refractivity contribution is -0.118. The summed E-state index contributed by atoms with van der Waals surface area (Å²) in [6, 6.07) is 7.77. The number of hydrogen-bond acceptors (Lipinski definition) is 3. The molecule has 0 heterocycles. The number of benzene rings is 2. The zero-order valence-corrected chi connectivity index (χ0v) is 10.7. The number of carbonyl (C=O) groups is 1. The van der Waals surface area contributed by atoms with Gasteiger partial charge >= 0.3 is 0 Å². The number of nitrogen functional groups attached to an aromatic ring is 1. The van der Waals surface area contributed by atoms with Crippen LogP contribution in [0.5, 0.6) is 5.75 Å². The van der Waals surface area contributed by atoms with Crippen molar-refractivity contribution in [1.29, 1.82) is 0 Å². The summed E-state index contributed by atoms with van der Waals surface area (Å²) in [7, 11) is 0. The summed E-state index contributed by atoms with van der Waals surface area (Å²) >= 11 is 0. The number of halogens is 3. The average Bonchev–Trinajstić information content (AvgIpc) is 2.42. The molecule has 4 nitrogen and oxygen atoms in total. The van der Waals surface area contributed by atoms with Crippen LogP contribution in [0.2, 0.25) is 0 Å². The van der Waals surface area contributed by atoms with Crippen LogP contribution in [-0.2, 0) is 4.79 Å². The van der Waals surface area contributed by atoms with Gasteiger partial charge in [0.15, 0.2) is 24.1 Å². The molecule has 3 N–H and O–H groups in total. The summed E-state index contributed by atoms with van der Waals surface area (Å²) in [4.78, 5) is 11.6. The lowest BCUT2D eigenvalue weighted by Gasteiger charge is -2.08. The molecule has 2 aromatic rings. The van der Waals surface area contributed by atoms with Crippen molar-refractivity contribution >= 4 is 17.3 Å². The Kier molecular flexibility index (Phi) is 4.32. The molecule has 0 aliphatic rings. The summed E-state index contributed by atoms with van der Waals surface area (Å²) in [6.45, 7) is -0.385. The van der Waals surface area contributed by atoms with Gasteiger partial charge in [0.05, 0.1) is 0 Å². The van der Waals surface area contributed by atoms with Crippen molar-refractivity contribution in [2.24, 2.45) is 0 Å². The molecule has 0 unspecified atom stereocenters. The highest BCUT2D eigenvalue weighted by Crippen LogP contribution is 2.18. The molecule has 2 aromatic carbocycles. The Bertz CT molecular complexity index is 654. The monoisotopic (exact) mass is 296 g/mol. The highest BCUT2D eigenvalue weighted by molar-refractivity contribution is 5.91. The van der Waals surface area contributed by atoms with E-state index in [1.807, 2.05) is 0 Å². The molecular formula is C14H11F3N2O2. The van der Waals surface area contributed by atoms with Crippen molar-refractivity contribution in [3.05, 3.63) is 53.8 Å². The molecule has 0 aliphatic carbocycles. The van der Waals surface area contributed by atoms with Crippen LogP contribution in [0, 0.1) is 17.5 Å². The molecule has 0 spiro atoms. The van der Waals surface area contributed by atoms with Gasteiger partial charge in [-0.25, -0.2) is 13.2 Å². The fourth-order valence-corrected chi connectivity index (χ4v) is 1.58. The summed E-state index contributed by atoms with van der Waals surface area (Å²) in [6.07, 6.45) is 0. The van der Waals surface area contributed by atoms with Crippen molar-refractivity contribution in [2.45, 2.75) is 0 Å². The van der Waals surface area contributed by atoms with E-state index in [-0.39, 0.29) is 12.3 Å². The number of rotatable bonds is 4. The van der Waals surface area contributed by atoms with Gasteiger partial charge in [0.1, 0.15) is 5.75 Å². The van der Waals surface area contributed by atoms with Gasteiger partial charge in [0.2, 0.25) is 0 Å².